The van der Waals surface area contributed by atoms with E-state index < -0.39 is 11.7 Å². The number of hydrazine groups is 1. The van der Waals surface area contributed by atoms with Gasteiger partial charge in [-0.15, -0.1) is 0 Å². The minimum absolute atomic E-state index is 0.0976. The summed E-state index contributed by atoms with van der Waals surface area (Å²) in [5.74, 6) is 5.15. The van der Waals surface area contributed by atoms with Crippen molar-refractivity contribution in [1.82, 2.24) is 20.4 Å². The molecule has 2 aromatic heterocycles. The van der Waals surface area contributed by atoms with Gasteiger partial charge in [0.05, 0.1) is 23.0 Å². The van der Waals surface area contributed by atoms with Gasteiger partial charge >= 0.3 is 0 Å². The maximum Gasteiger partial charge on any atom is 0.268 e. The summed E-state index contributed by atoms with van der Waals surface area (Å²) in [5.41, 5.74) is 2.97. The molecule has 1 aliphatic heterocycles. The van der Waals surface area contributed by atoms with Crippen molar-refractivity contribution < 1.29 is 13.9 Å². The first kappa shape index (κ1) is 17.1. The molecule has 0 spiro atoms. The van der Waals surface area contributed by atoms with E-state index >= 15 is 0 Å². The molecule has 0 unspecified atom stereocenters. The van der Waals surface area contributed by atoms with Crippen molar-refractivity contribution in [2.45, 2.75) is 0 Å². The summed E-state index contributed by atoms with van der Waals surface area (Å²) in [5, 5.41) is 0.361. The molecule has 0 saturated carbocycles. The summed E-state index contributed by atoms with van der Waals surface area (Å²) in [6.07, 6.45) is 4.36. The number of carbonyl (C=O) groups excluding carboxylic acids is 1. The van der Waals surface area contributed by atoms with Crippen LogP contribution in [-0.4, -0.2) is 27.6 Å². The number of nitrogens with two attached hydrogens (primary N) is 1. The number of amides is 1. The first-order chi connectivity index (χ1) is 13.1. The predicted molar refractivity (Wildman–Crippen MR) is 96.0 cm³/mol. The van der Waals surface area contributed by atoms with E-state index in [9.17, 15) is 9.18 Å². The van der Waals surface area contributed by atoms with Crippen LogP contribution in [0, 0.1) is 5.82 Å². The lowest BCUT2D eigenvalue weighted by atomic mass is 10.2. The van der Waals surface area contributed by atoms with Crippen LogP contribution < -0.4 is 20.9 Å². The molecular formula is C17H12ClFN6O2. The Bertz CT molecular complexity index is 1050. The van der Waals surface area contributed by atoms with Gasteiger partial charge in [-0.05, 0) is 24.3 Å². The van der Waals surface area contributed by atoms with Crippen molar-refractivity contribution in [3.8, 4) is 17.1 Å². The van der Waals surface area contributed by atoms with Gasteiger partial charge in [-0.25, -0.2) is 20.2 Å². The van der Waals surface area contributed by atoms with E-state index in [2.05, 4.69) is 20.4 Å². The minimum atomic E-state index is -0.512. The van der Waals surface area contributed by atoms with Crippen molar-refractivity contribution in [2.24, 2.45) is 5.84 Å². The van der Waals surface area contributed by atoms with Crippen LogP contribution in [0.4, 0.5) is 15.9 Å². The predicted octanol–water partition coefficient (Wildman–Crippen LogP) is 2.42. The molecular weight excluding hydrogens is 375 g/mol. The van der Waals surface area contributed by atoms with Gasteiger partial charge in [-0.2, -0.15) is 0 Å². The number of nitrogens with one attached hydrogen (secondary N) is 1. The Balaban J connectivity index is 1.81. The summed E-state index contributed by atoms with van der Waals surface area (Å²) in [6, 6.07) is 5.76. The second-order valence-electron chi connectivity index (χ2n) is 5.57. The largest absolute Gasteiger partial charge is 0.467 e. The normalized spacial score (nSPS) is 12.5. The summed E-state index contributed by atoms with van der Waals surface area (Å²) in [7, 11) is 0. The van der Waals surface area contributed by atoms with Crippen LogP contribution in [0.3, 0.4) is 0 Å². The molecule has 4 rings (SSSR count). The maximum atomic E-state index is 14.2. The molecule has 3 N–H and O–H groups in total. The third kappa shape index (κ3) is 3.03. The van der Waals surface area contributed by atoms with Crippen LogP contribution >= 0.6 is 11.6 Å². The molecule has 1 aliphatic rings. The quantitative estimate of drug-likeness (QED) is 0.404. The van der Waals surface area contributed by atoms with Crippen molar-refractivity contribution in [3.05, 3.63) is 59.3 Å². The molecule has 0 fully saturated rings. The fourth-order valence-corrected chi connectivity index (χ4v) is 2.88. The van der Waals surface area contributed by atoms with E-state index in [1.54, 1.807) is 11.0 Å². The Hall–Kier alpha value is -3.30. The zero-order valence-electron chi connectivity index (χ0n) is 13.7. The number of nitrogens with zero attached hydrogens (tertiary/aromatic N) is 4. The Morgan fingerprint density at radius 1 is 1.33 bits per heavy atom. The molecule has 3 heterocycles. The van der Waals surface area contributed by atoms with Crippen LogP contribution in [0.15, 0.2) is 42.9 Å². The number of aromatic nitrogens is 3. The third-order valence-corrected chi connectivity index (χ3v) is 4.21. The highest BCUT2D eigenvalue weighted by Gasteiger charge is 2.28. The van der Waals surface area contributed by atoms with Crippen molar-refractivity contribution >= 4 is 29.0 Å². The molecule has 0 aliphatic carbocycles. The Kier molecular flexibility index (Phi) is 4.30. The molecule has 0 bridgehead atoms. The molecule has 27 heavy (non-hydrogen) atoms. The highest BCUT2D eigenvalue weighted by molar-refractivity contribution is 6.30. The average molecular weight is 387 g/mol. The highest BCUT2D eigenvalue weighted by Crippen LogP contribution is 2.39. The smallest absolute Gasteiger partial charge is 0.268 e. The zero-order chi connectivity index (χ0) is 19.0. The summed E-state index contributed by atoms with van der Waals surface area (Å²) in [4.78, 5) is 26.2. The lowest BCUT2D eigenvalue weighted by molar-refractivity contribution is 0.0954. The van der Waals surface area contributed by atoms with Gasteiger partial charge in [0.1, 0.15) is 5.82 Å². The van der Waals surface area contributed by atoms with Crippen LogP contribution in [-0.2, 0) is 0 Å². The number of hydrogen-bond acceptors (Lipinski definition) is 7. The number of carbonyl (C=O) groups is 1. The number of ether oxygens (including phenoxy) is 1. The number of hydrogen-bond donors (Lipinski definition) is 2. The van der Waals surface area contributed by atoms with Crippen LogP contribution in [0.5, 0.6) is 5.75 Å². The molecule has 136 valence electrons. The van der Waals surface area contributed by atoms with Gasteiger partial charge in [0.2, 0.25) is 0 Å². The molecule has 1 aromatic carbocycles. The van der Waals surface area contributed by atoms with E-state index in [0.29, 0.717) is 22.3 Å². The van der Waals surface area contributed by atoms with Gasteiger partial charge < -0.3 is 4.74 Å². The van der Waals surface area contributed by atoms with E-state index in [-0.39, 0.29) is 23.7 Å². The monoisotopic (exact) mass is 386 g/mol. The van der Waals surface area contributed by atoms with E-state index in [1.807, 2.05) is 0 Å². The van der Waals surface area contributed by atoms with Crippen LogP contribution in [0.1, 0.15) is 10.4 Å². The van der Waals surface area contributed by atoms with Crippen LogP contribution in [0.2, 0.25) is 5.02 Å². The van der Waals surface area contributed by atoms with Gasteiger partial charge in [-0.3, -0.25) is 20.1 Å². The van der Waals surface area contributed by atoms with Crippen molar-refractivity contribution in [3.63, 3.8) is 0 Å². The average Bonchev–Trinajstić information content (AvgIpc) is 3.12. The minimum Gasteiger partial charge on any atom is -0.467 e. The number of benzene rings is 1. The number of fused-ring (bicyclic) bond motifs is 1. The second kappa shape index (κ2) is 6.78. The van der Waals surface area contributed by atoms with Gasteiger partial charge in [0.15, 0.2) is 24.1 Å². The van der Waals surface area contributed by atoms with Crippen LogP contribution in [0.25, 0.3) is 11.4 Å². The standard InChI is InChI=1S/C17H12ClFN6O2/c18-9-1-2-12(19)10(5-9)15-22-7-14-16(23-15)25(8-27-14)13-3-4-21-6-11(13)17(26)24-20/h1-7H,8,20H2,(H,24,26). The van der Waals surface area contributed by atoms with Crippen molar-refractivity contribution in [1.29, 1.82) is 0 Å². The second-order valence-corrected chi connectivity index (χ2v) is 6.01. The molecule has 1 amide bonds. The van der Waals surface area contributed by atoms with E-state index in [0.717, 1.165) is 0 Å². The topological polar surface area (TPSA) is 106 Å². The van der Waals surface area contributed by atoms with Crippen molar-refractivity contribution in [2.75, 3.05) is 11.6 Å². The third-order valence-electron chi connectivity index (χ3n) is 3.97. The molecule has 0 atom stereocenters. The van der Waals surface area contributed by atoms with Gasteiger partial charge in [0.25, 0.3) is 5.91 Å². The molecule has 8 nitrogen and oxygen atoms in total. The number of rotatable bonds is 3. The highest BCUT2D eigenvalue weighted by atomic mass is 35.5. The molecule has 0 radical (unpaired) electrons. The first-order valence-corrected chi connectivity index (χ1v) is 8.14. The lowest BCUT2D eigenvalue weighted by Crippen LogP contribution is -2.32. The molecule has 3 aromatic rings. The van der Waals surface area contributed by atoms with Gasteiger partial charge in [-0.1, -0.05) is 11.6 Å². The Morgan fingerprint density at radius 2 is 2.19 bits per heavy atom. The number of halogens is 2. The fraction of sp³-hybridized carbons (Fsp3) is 0.0588. The molecule has 10 heteroatoms. The SMILES string of the molecule is NNC(=O)c1cnccc1N1COc2cnc(-c3cc(Cl)ccc3F)nc21. The maximum absolute atomic E-state index is 14.2. The first-order valence-electron chi connectivity index (χ1n) is 7.76. The Labute approximate surface area is 157 Å². The molecule has 0 saturated heterocycles. The van der Waals surface area contributed by atoms with E-state index in [4.69, 9.17) is 22.2 Å². The fourth-order valence-electron chi connectivity index (χ4n) is 2.71. The number of pyridine rings is 1. The van der Waals surface area contributed by atoms with Gasteiger partial charge in [0, 0.05) is 17.4 Å². The lowest BCUT2D eigenvalue weighted by Gasteiger charge is -2.18. The van der Waals surface area contributed by atoms with E-state index in [1.165, 1.54) is 36.8 Å². The summed E-state index contributed by atoms with van der Waals surface area (Å²) >= 11 is 5.96. The zero-order valence-corrected chi connectivity index (χ0v) is 14.4. The number of anilines is 2. The summed E-state index contributed by atoms with van der Waals surface area (Å²) < 4.78 is 19.8. The number of nitrogen functional groups attached to an aromatic ring is 1. The Morgan fingerprint density at radius 3 is 3.00 bits per heavy atom. The summed E-state index contributed by atoms with van der Waals surface area (Å²) in [6.45, 7) is 0.0976.